The lowest BCUT2D eigenvalue weighted by Crippen LogP contribution is -2.51. The fourth-order valence-corrected chi connectivity index (χ4v) is 1.79. The number of ether oxygens (including phenoxy) is 6. The highest BCUT2D eigenvalue weighted by molar-refractivity contribution is 5.66. The average molecular weight is 326 g/mol. The summed E-state index contributed by atoms with van der Waals surface area (Å²) in [5, 5.41) is 0. The molecule has 0 heterocycles. The summed E-state index contributed by atoms with van der Waals surface area (Å²) in [6, 6.07) is 0. The van der Waals surface area contributed by atoms with Gasteiger partial charge >= 0.3 is 11.9 Å². The maximum atomic E-state index is 11.4. The van der Waals surface area contributed by atoms with Crippen LogP contribution in [0.2, 0.25) is 0 Å². The summed E-state index contributed by atoms with van der Waals surface area (Å²) in [6.45, 7) is 1.86. The van der Waals surface area contributed by atoms with Gasteiger partial charge in [-0.1, -0.05) is 0 Å². The average Bonchev–Trinajstić information content (AvgIpc) is 2.58. The van der Waals surface area contributed by atoms with Crippen molar-refractivity contribution in [3.8, 4) is 0 Å². The zero-order chi connectivity index (χ0) is 19.9. The summed E-state index contributed by atoms with van der Waals surface area (Å²) >= 11 is 0. The number of carbonyl (C=O) groups is 2. The van der Waals surface area contributed by atoms with E-state index in [1.807, 2.05) is 0 Å². The summed E-state index contributed by atoms with van der Waals surface area (Å²) in [7, 11) is -1.93. The molecular formula is C14H26O8. The summed E-state index contributed by atoms with van der Waals surface area (Å²) in [4.78, 5) is 22.5. The first-order chi connectivity index (χ1) is 12.4. The Morgan fingerprint density at radius 1 is 0.864 bits per heavy atom. The number of carbonyl (C=O) groups excluding carboxylic acids is 2. The van der Waals surface area contributed by atoms with E-state index in [-0.39, 0.29) is 13.2 Å². The third kappa shape index (κ3) is 7.17. The standard InChI is InChI=1S/C14H26O8/c1-9(15)21-8-11(18-4)13(19-5)14(20-6)12(7-17-3)22-10(2)16/h11-14H,7-8H2,1-6H3/t11-,12+,13+,14-/m0/s1/i3D,4D,5D,6D. The first-order valence-corrected chi connectivity index (χ1v) is 6.31. The van der Waals surface area contributed by atoms with Crippen LogP contribution in [0.3, 0.4) is 0 Å². The molecule has 0 saturated carbocycles. The van der Waals surface area contributed by atoms with E-state index in [2.05, 4.69) is 0 Å². The largest absolute Gasteiger partial charge is 0.463 e. The Morgan fingerprint density at radius 3 is 2.00 bits per heavy atom. The molecule has 0 aromatic heterocycles. The van der Waals surface area contributed by atoms with E-state index in [0.29, 0.717) is 0 Å². The maximum Gasteiger partial charge on any atom is 0.303 e. The second-order valence-electron chi connectivity index (χ2n) is 4.29. The minimum absolute atomic E-state index is 0.216. The molecule has 0 N–H and O–H groups in total. The SMILES string of the molecule is [2H]COC[C@@H](OC(C)=O)[C@H](OC[2H])[C@H](OC[2H])[C@H](COC(C)=O)OC[2H]. The number of hydrogen-bond acceptors (Lipinski definition) is 8. The van der Waals surface area contributed by atoms with Crippen LogP contribution in [-0.4, -0.2) is 77.9 Å². The van der Waals surface area contributed by atoms with Gasteiger partial charge in [0.15, 0.2) is 6.10 Å². The summed E-state index contributed by atoms with van der Waals surface area (Å²) < 4.78 is 59.8. The molecule has 130 valence electrons. The highest BCUT2D eigenvalue weighted by Gasteiger charge is 2.38. The number of rotatable bonds is 11. The molecule has 0 fully saturated rings. The van der Waals surface area contributed by atoms with Crippen LogP contribution in [0, 0.1) is 0 Å². The van der Waals surface area contributed by atoms with Gasteiger partial charge < -0.3 is 28.4 Å². The Bertz CT molecular complexity index is 401. The van der Waals surface area contributed by atoms with Gasteiger partial charge in [0.1, 0.15) is 24.9 Å². The molecule has 0 bridgehead atoms. The van der Waals surface area contributed by atoms with Gasteiger partial charge in [-0.25, -0.2) is 0 Å². The van der Waals surface area contributed by atoms with E-state index < -0.39 is 64.7 Å². The van der Waals surface area contributed by atoms with Crippen molar-refractivity contribution in [2.24, 2.45) is 0 Å². The molecule has 0 amide bonds. The molecule has 0 saturated heterocycles. The number of esters is 2. The predicted octanol–water partition coefficient (Wildman–Crippen LogP) is 0.173. The van der Waals surface area contributed by atoms with Gasteiger partial charge in [0, 0.05) is 42.2 Å². The Balaban J connectivity index is 5.55. The van der Waals surface area contributed by atoms with Gasteiger partial charge in [0.05, 0.1) is 12.1 Å². The summed E-state index contributed by atoms with van der Waals surface area (Å²) in [5.74, 6) is -1.23. The topological polar surface area (TPSA) is 89.5 Å². The third-order valence-corrected chi connectivity index (χ3v) is 2.71. The van der Waals surface area contributed by atoms with Crippen molar-refractivity contribution in [3.63, 3.8) is 0 Å². The summed E-state index contributed by atoms with van der Waals surface area (Å²) in [5.41, 5.74) is 0. The summed E-state index contributed by atoms with van der Waals surface area (Å²) in [6.07, 6.45) is -4.28. The van der Waals surface area contributed by atoms with Gasteiger partial charge in [-0.2, -0.15) is 0 Å². The van der Waals surface area contributed by atoms with Gasteiger partial charge in [-0.3, -0.25) is 9.59 Å². The van der Waals surface area contributed by atoms with E-state index in [0.717, 1.165) is 0 Å². The molecule has 0 aliphatic carbocycles. The molecule has 0 aromatic carbocycles. The van der Waals surface area contributed by atoms with E-state index in [1.54, 1.807) is 0 Å². The van der Waals surface area contributed by atoms with Crippen molar-refractivity contribution in [1.82, 2.24) is 0 Å². The van der Waals surface area contributed by atoms with Crippen LogP contribution in [-0.2, 0) is 38.0 Å². The van der Waals surface area contributed by atoms with Crippen LogP contribution in [0.5, 0.6) is 0 Å². The van der Waals surface area contributed by atoms with Crippen LogP contribution in [0.4, 0.5) is 0 Å². The quantitative estimate of drug-likeness (QED) is 0.497. The van der Waals surface area contributed by atoms with Crippen molar-refractivity contribution >= 4 is 11.9 Å². The molecule has 0 unspecified atom stereocenters. The molecule has 0 rings (SSSR count). The zero-order valence-electron chi connectivity index (χ0n) is 16.8. The molecule has 0 aliphatic rings. The molecular weight excluding hydrogens is 296 g/mol. The minimum Gasteiger partial charge on any atom is -0.463 e. The molecule has 8 heteroatoms. The molecule has 0 radical (unpaired) electrons. The lowest BCUT2D eigenvalue weighted by Gasteiger charge is -2.34. The number of hydrogen-bond donors (Lipinski definition) is 0. The van der Waals surface area contributed by atoms with Crippen molar-refractivity contribution in [2.45, 2.75) is 38.3 Å². The first kappa shape index (κ1) is 14.4. The van der Waals surface area contributed by atoms with Crippen molar-refractivity contribution < 1.29 is 43.5 Å². The van der Waals surface area contributed by atoms with Crippen LogP contribution >= 0.6 is 0 Å². The molecule has 22 heavy (non-hydrogen) atoms. The van der Waals surface area contributed by atoms with Crippen LogP contribution < -0.4 is 0 Å². The second kappa shape index (κ2) is 11.4. The lowest BCUT2D eigenvalue weighted by atomic mass is 10.0. The molecule has 0 aliphatic heterocycles. The van der Waals surface area contributed by atoms with Gasteiger partial charge in [-0.05, 0) is 0 Å². The Morgan fingerprint density at radius 2 is 1.50 bits per heavy atom. The van der Waals surface area contributed by atoms with Crippen LogP contribution in [0.25, 0.3) is 0 Å². The third-order valence-electron chi connectivity index (χ3n) is 2.71. The second-order valence-corrected chi connectivity index (χ2v) is 4.29. The van der Waals surface area contributed by atoms with Crippen molar-refractivity contribution in [1.29, 1.82) is 0 Å². The smallest absolute Gasteiger partial charge is 0.303 e. The van der Waals surface area contributed by atoms with Crippen molar-refractivity contribution in [3.05, 3.63) is 0 Å². The molecule has 0 aromatic rings. The zero-order valence-corrected chi connectivity index (χ0v) is 12.8. The minimum atomic E-state index is -1.11. The van der Waals surface area contributed by atoms with E-state index >= 15 is 0 Å². The molecule has 8 nitrogen and oxygen atoms in total. The molecule has 0 spiro atoms. The number of methoxy groups -OCH3 is 4. The predicted molar refractivity (Wildman–Crippen MR) is 76.5 cm³/mol. The van der Waals surface area contributed by atoms with E-state index in [4.69, 9.17) is 33.9 Å². The fourth-order valence-electron chi connectivity index (χ4n) is 1.79. The highest BCUT2D eigenvalue weighted by Crippen LogP contribution is 2.17. The maximum absolute atomic E-state index is 11.4. The Hall–Kier alpha value is -1.22. The van der Waals surface area contributed by atoms with Gasteiger partial charge in [0.25, 0.3) is 0 Å². The molecule has 4 atom stereocenters. The van der Waals surface area contributed by atoms with E-state index in [1.165, 1.54) is 13.8 Å². The van der Waals surface area contributed by atoms with Gasteiger partial charge in [0.2, 0.25) is 0 Å². The van der Waals surface area contributed by atoms with E-state index in [9.17, 15) is 9.59 Å². The lowest BCUT2D eigenvalue weighted by molar-refractivity contribution is -0.185. The normalized spacial score (nSPS) is 18.8. The van der Waals surface area contributed by atoms with Crippen LogP contribution in [0.1, 0.15) is 19.3 Å². The van der Waals surface area contributed by atoms with Gasteiger partial charge in [-0.15, -0.1) is 0 Å². The monoisotopic (exact) mass is 326 g/mol. The van der Waals surface area contributed by atoms with Crippen LogP contribution in [0.15, 0.2) is 0 Å². The first-order valence-electron chi connectivity index (χ1n) is 9.14. The fraction of sp³-hybridized carbons (Fsp3) is 0.857. The Labute approximate surface area is 136 Å². The highest BCUT2D eigenvalue weighted by atomic mass is 16.6. The Kier molecular flexibility index (Phi) is 7.42. The van der Waals surface area contributed by atoms with Crippen molar-refractivity contribution in [2.75, 3.05) is 41.6 Å².